The number of hydrogen-bond acceptors (Lipinski definition) is 2. The average Bonchev–Trinajstić information content (AvgIpc) is 2.26. The Kier molecular flexibility index (Phi) is 4.88. The molecule has 1 aliphatic rings. The van der Waals surface area contributed by atoms with Gasteiger partial charge >= 0.3 is 0 Å². The molecule has 0 spiro atoms. The van der Waals surface area contributed by atoms with Crippen molar-refractivity contribution in [3.8, 4) is 0 Å². The largest absolute Gasteiger partial charge is 0.313 e. The minimum Gasteiger partial charge on any atom is -0.313 e. The zero-order chi connectivity index (χ0) is 10.4. The van der Waals surface area contributed by atoms with Crippen molar-refractivity contribution in [2.45, 2.75) is 39.2 Å². The van der Waals surface area contributed by atoms with Gasteiger partial charge in [0.05, 0.1) is 0 Å². The Morgan fingerprint density at radius 1 is 1.50 bits per heavy atom. The van der Waals surface area contributed by atoms with E-state index in [1.807, 2.05) is 14.0 Å². The maximum absolute atomic E-state index is 4.34. The highest BCUT2D eigenvalue weighted by Crippen LogP contribution is 2.16. The first-order chi connectivity index (χ1) is 6.79. The van der Waals surface area contributed by atoms with Crippen LogP contribution in [0.25, 0.3) is 0 Å². The molecule has 80 valence electrons. The van der Waals surface area contributed by atoms with Crippen molar-refractivity contribution >= 4 is 5.71 Å². The van der Waals surface area contributed by atoms with E-state index in [1.165, 1.54) is 31.5 Å². The lowest BCUT2D eigenvalue weighted by molar-refractivity contribution is 0.358. The molecule has 0 bridgehead atoms. The minimum atomic E-state index is 0.538. The van der Waals surface area contributed by atoms with Gasteiger partial charge in [-0.2, -0.15) is 0 Å². The van der Waals surface area contributed by atoms with Crippen LogP contribution in [0.15, 0.2) is 17.1 Å². The van der Waals surface area contributed by atoms with E-state index < -0.39 is 0 Å². The summed E-state index contributed by atoms with van der Waals surface area (Å²) in [7, 11) is 1.88. The standard InChI is InChI=1S/C12H22N2/c1-4-7-11(13-3)10(2)12-8-5-6-9-14-12/h4,7,10,12,14H,5-6,8-9H2,1-3H3/b7-4-,13-11?. The summed E-state index contributed by atoms with van der Waals surface area (Å²) in [6.07, 6.45) is 8.17. The Morgan fingerprint density at radius 3 is 2.79 bits per heavy atom. The summed E-state index contributed by atoms with van der Waals surface area (Å²) in [5, 5.41) is 3.58. The molecule has 2 heteroatoms. The third-order valence-corrected chi connectivity index (χ3v) is 3.01. The summed E-state index contributed by atoms with van der Waals surface area (Å²) >= 11 is 0. The maximum Gasteiger partial charge on any atom is 0.0385 e. The van der Waals surface area contributed by atoms with Gasteiger partial charge in [-0.05, 0) is 32.4 Å². The van der Waals surface area contributed by atoms with Gasteiger partial charge in [0.2, 0.25) is 0 Å². The van der Waals surface area contributed by atoms with Crippen molar-refractivity contribution in [3.63, 3.8) is 0 Å². The fraction of sp³-hybridized carbons (Fsp3) is 0.750. The molecule has 0 aromatic rings. The average molecular weight is 194 g/mol. The van der Waals surface area contributed by atoms with E-state index in [2.05, 4.69) is 29.4 Å². The van der Waals surface area contributed by atoms with Crippen LogP contribution in [-0.4, -0.2) is 25.3 Å². The van der Waals surface area contributed by atoms with E-state index >= 15 is 0 Å². The molecular weight excluding hydrogens is 172 g/mol. The second kappa shape index (κ2) is 5.97. The van der Waals surface area contributed by atoms with Crippen molar-refractivity contribution in [2.75, 3.05) is 13.6 Å². The van der Waals surface area contributed by atoms with Crippen molar-refractivity contribution in [1.82, 2.24) is 5.32 Å². The number of nitrogens with one attached hydrogen (secondary N) is 1. The van der Waals surface area contributed by atoms with E-state index in [0.29, 0.717) is 12.0 Å². The molecule has 0 radical (unpaired) electrons. The minimum absolute atomic E-state index is 0.538. The predicted octanol–water partition coefficient (Wildman–Crippen LogP) is 2.41. The Morgan fingerprint density at radius 2 is 2.29 bits per heavy atom. The fourth-order valence-electron chi connectivity index (χ4n) is 2.11. The summed E-state index contributed by atoms with van der Waals surface area (Å²) in [4.78, 5) is 4.34. The zero-order valence-corrected chi connectivity index (χ0v) is 9.59. The third kappa shape index (κ3) is 2.95. The first-order valence-electron chi connectivity index (χ1n) is 5.62. The molecule has 0 aliphatic carbocycles. The van der Waals surface area contributed by atoms with Crippen molar-refractivity contribution in [3.05, 3.63) is 12.2 Å². The molecule has 1 fully saturated rings. The normalized spacial score (nSPS) is 26.8. The van der Waals surface area contributed by atoms with E-state index in [4.69, 9.17) is 0 Å². The van der Waals surface area contributed by atoms with Gasteiger partial charge in [0, 0.05) is 24.7 Å². The fourth-order valence-corrected chi connectivity index (χ4v) is 2.11. The van der Waals surface area contributed by atoms with Gasteiger partial charge in [0.25, 0.3) is 0 Å². The molecule has 2 unspecified atom stereocenters. The topological polar surface area (TPSA) is 24.4 Å². The number of aliphatic imine (C=N–C) groups is 1. The molecule has 1 N–H and O–H groups in total. The number of nitrogens with zero attached hydrogens (tertiary/aromatic N) is 1. The Hall–Kier alpha value is -0.630. The predicted molar refractivity (Wildman–Crippen MR) is 63.0 cm³/mol. The van der Waals surface area contributed by atoms with Crippen LogP contribution in [0.3, 0.4) is 0 Å². The summed E-state index contributed by atoms with van der Waals surface area (Å²) in [5.74, 6) is 0.538. The van der Waals surface area contributed by atoms with E-state index in [1.54, 1.807) is 0 Å². The van der Waals surface area contributed by atoms with Crippen molar-refractivity contribution in [1.29, 1.82) is 0 Å². The van der Waals surface area contributed by atoms with Crippen LogP contribution in [0.5, 0.6) is 0 Å². The molecule has 1 saturated heterocycles. The molecule has 0 aromatic carbocycles. The van der Waals surface area contributed by atoms with Gasteiger partial charge in [-0.1, -0.05) is 19.4 Å². The molecule has 0 aromatic heterocycles. The lowest BCUT2D eigenvalue weighted by Crippen LogP contribution is -2.41. The summed E-state index contributed by atoms with van der Waals surface area (Å²) in [6, 6.07) is 0.624. The van der Waals surface area contributed by atoms with Crippen LogP contribution in [0, 0.1) is 5.92 Å². The third-order valence-electron chi connectivity index (χ3n) is 3.01. The monoisotopic (exact) mass is 194 g/mol. The zero-order valence-electron chi connectivity index (χ0n) is 9.59. The highest BCUT2D eigenvalue weighted by atomic mass is 14.9. The maximum atomic E-state index is 4.34. The first kappa shape index (κ1) is 11.4. The highest BCUT2D eigenvalue weighted by Gasteiger charge is 2.21. The number of piperidine rings is 1. The van der Waals surface area contributed by atoms with Gasteiger partial charge < -0.3 is 5.32 Å². The Labute approximate surface area is 87.5 Å². The lowest BCUT2D eigenvalue weighted by Gasteiger charge is -2.29. The van der Waals surface area contributed by atoms with Gasteiger partial charge in [-0.15, -0.1) is 0 Å². The smallest absolute Gasteiger partial charge is 0.0385 e. The molecule has 1 rings (SSSR count). The second-order valence-corrected chi connectivity index (χ2v) is 3.99. The van der Waals surface area contributed by atoms with Crippen LogP contribution in [0.4, 0.5) is 0 Å². The van der Waals surface area contributed by atoms with Crippen molar-refractivity contribution in [2.24, 2.45) is 10.9 Å². The highest BCUT2D eigenvalue weighted by molar-refractivity contribution is 5.96. The van der Waals surface area contributed by atoms with Crippen LogP contribution >= 0.6 is 0 Å². The van der Waals surface area contributed by atoms with Gasteiger partial charge in [0.15, 0.2) is 0 Å². The molecule has 1 aliphatic heterocycles. The first-order valence-corrected chi connectivity index (χ1v) is 5.62. The van der Waals surface area contributed by atoms with Gasteiger partial charge in [-0.3, -0.25) is 4.99 Å². The second-order valence-electron chi connectivity index (χ2n) is 3.99. The molecule has 0 saturated carbocycles. The van der Waals surface area contributed by atoms with Crippen LogP contribution < -0.4 is 5.32 Å². The summed E-state index contributed by atoms with van der Waals surface area (Å²) in [6.45, 7) is 5.49. The van der Waals surface area contributed by atoms with E-state index in [9.17, 15) is 0 Å². The molecule has 14 heavy (non-hydrogen) atoms. The van der Waals surface area contributed by atoms with Crippen LogP contribution in [-0.2, 0) is 0 Å². The number of hydrogen-bond donors (Lipinski definition) is 1. The Balaban J connectivity index is 2.56. The summed E-state index contributed by atoms with van der Waals surface area (Å²) < 4.78 is 0. The van der Waals surface area contributed by atoms with Crippen LogP contribution in [0.1, 0.15) is 33.1 Å². The molecular formula is C12H22N2. The number of allylic oxidation sites excluding steroid dienone is 2. The molecule has 2 nitrogen and oxygen atoms in total. The SMILES string of the molecule is C/C=C\C(=NC)C(C)C1CCCCN1. The molecule has 2 atom stereocenters. The van der Waals surface area contributed by atoms with Gasteiger partial charge in [-0.25, -0.2) is 0 Å². The van der Waals surface area contributed by atoms with Crippen LogP contribution in [0.2, 0.25) is 0 Å². The lowest BCUT2D eigenvalue weighted by atomic mass is 9.89. The quantitative estimate of drug-likeness (QED) is 0.686. The van der Waals surface area contributed by atoms with E-state index in [-0.39, 0.29) is 0 Å². The molecule has 0 amide bonds. The molecule has 1 heterocycles. The Bertz CT molecular complexity index is 212. The number of rotatable bonds is 3. The summed E-state index contributed by atoms with van der Waals surface area (Å²) in [5.41, 5.74) is 1.21. The van der Waals surface area contributed by atoms with Gasteiger partial charge in [0.1, 0.15) is 0 Å². The van der Waals surface area contributed by atoms with Crippen molar-refractivity contribution < 1.29 is 0 Å². The van der Waals surface area contributed by atoms with E-state index in [0.717, 1.165) is 0 Å².